The van der Waals surface area contributed by atoms with Crippen molar-refractivity contribution in [3.8, 4) is 0 Å². The maximum Gasteiger partial charge on any atom is 0.0108 e. The van der Waals surface area contributed by atoms with Crippen LogP contribution in [0.5, 0.6) is 0 Å². The molecule has 0 bridgehead atoms. The molecule has 3 unspecified atom stereocenters. The Morgan fingerprint density at radius 2 is 1.79 bits per heavy atom. The molecule has 106 valence electrons. The number of nitrogens with two attached hydrogens (primary N) is 1. The van der Waals surface area contributed by atoms with Crippen LogP contribution in [-0.2, 0) is 6.42 Å². The van der Waals surface area contributed by atoms with Crippen molar-refractivity contribution in [2.24, 2.45) is 17.6 Å². The SMILES string of the molecule is Cc1cc(C)c(CC(N)C2CCCC(C)C2)c(C)c1. The van der Waals surface area contributed by atoms with Gasteiger partial charge in [0.05, 0.1) is 0 Å². The summed E-state index contributed by atoms with van der Waals surface area (Å²) >= 11 is 0. The van der Waals surface area contributed by atoms with E-state index >= 15 is 0 Å². The predicted molar refractivity (Wildman–Crippen MR) is 83.5 cm³/mol. The zero-order valence-corrected chi connectivity index (χ0v) is 13.0. The quantitative estimate of drug-likeness (QED) is 0.860. The third-order valence-corrected chi connectivity index (χ3v) is 4.86. The minimum absolute atomic E-state index is 0.336. The van der Waals surface area contributed by atoms with Gasteiger partial charge in [0.2, 0.25) is 0 Å². The van der Waals surface area contributed by atoms with Crippen molar-refractivity contribution in [2.45, 2.75) is 65.8 Å². The molecule has 0 aromatic heterocycles. The molecule has 2 N–H and O–H groups in total. The van der Waals surface area contributed by atoms with E-state index < -0.39 is 0 Å². The Kier molecular flexibility index (Phi) is 4.67. The van der Waals surface area contributed by atoms with Gasteiger partial charge in [-0.25, -0.2) is 0 Å². The van der Waals surface area contributed by atoms with E-state index in [1.54, 1.807) is 0 Å². The molecule has 19 heavy (non-hydrogen) atoms. The molecule has 0 heterocycles. The summed E-state index contributed by atoms with van der Waals surface area (Å²) in [5.74, 6) is 1.59. The highest BCUT2D eigenvalue weighted by atomic mass is 14.7. The first kappa shape index (κ1) is 14.6. The van der Waals surface area contributed by atoms with Crippen molar-refractivity contribution in [2.75, 3.05) is 0 Å². The van der Waals surface area contributed by atoms with Crippen LogP contribution in [0.25, 0.3) is 0 Å². The Bertz CT molecular complexity index is 412. The Balaban J connectivity index is 2.08. The summed E-state index contributed by atoms with van der Waals surface area (Å²) in [5, 5.41) is 0. The third kappa shape index (κ3) is 3.60. The molecule has 1 nitrogen and oxygen atoms in total. The molecule has 0 radical (unpaired) electrons. The van der Waals surface area contributed by atoms with Crippen LogP contribution in [0.2, 0.25) is 0 Å². The van der Waals surface area contributed by atoms with Crippen molar-refractivity contribution in [3.63, 3.8) is 0 Å². The van der Waals surface area contributed by atoms with Gasteiger partial charge in [-0.3, -0.25) is 0 Å². The zero-order chi connectivity index (χ0) is 14.0. The molecule has 1 fully saturated rings. The summed E-state index contributed by atoms with van der Waals surface area (Å²) < 4.78 is 0. The van der Waals surface area contributed by atoms with Crippen LogP contribution in [-0.4, -0.2) is 6.04 Å². The van der Waals surface area contributed by atoms with Gasteiger partial charge in [-0.1, -0.05) is 37.5 Å². The second-order valence-corrected chi connectivity index (χ2v) is 6.78. The summed E-state index contributed by atoms with van der Waals surface area (Å²) in [5.41, 5.74) is 12.2. The average molecular weight is 259 g/mol. The van der Waals surface area contributed by atoms with E-state index in [-0.39, 0.29) is 0 Å². The second-order valence-electron chi connectivity index (χ2n) is 6.78. The van der Waals surface area contributed by atoms with Crippen LogP contribution in [0.15, 0.2) is 12.1 Å². The van der Waals surface area contributed by atoms with E-state index in [1.165, 1.54) is 47.9 Å². The van der Waals surface area contributed by atoms with Gasteiger partial charge in [-0.05, 0) is 68.6 Å². The Labute approximate surface area is 118 Å². The second kappa shape index (κ2) is 6.09. The first-order chi connectivity index (χ1) is 8.97. The molecular formula is C18H29N. The first-order valence-electron chi connectivity index (χ1n) is 7.79. The monoisotopic (exact) mass is 259 g/mol. The largest absolute Gasteiger partial charge is 0.327 e. The Morgan fingerprint density at radius 1 is 1.16 bits per heavy atom. The van der Waals surface area contributed by atoms with Crippen molar-refractivity contribution in [1.29, 1.82) is 0 Å². The molecule has 0 amide bonds. The zero-order valence-electron chi connectivity index (χ0n) is 13.0. The maximum absolute atomic E-state index is 6.52. The Morgan fingerprint density at radius 3 is 2.37 bits per heavy atom. The number of hydrogen-bond acceptors (Lipinski definition) is 1. The number of hydrogen-bond donors (Lipinski definition) is 1. The molecule has 1 aliphatic rings. The van der Waals surface area contributed by atoms with Gasteiger partial charge in [-0.2, -0.15) is 0 Å². The van der Waals surface area contributed by atoms with Crippen molar-refractivity contribution >= 4 is 0 Å². The van der Waals surface area contributed by atoms with E-state index in [2.05, 4.69) is 39.8 Å². The van der Waals surface area contributed by atoms with E-state index in [0.29, 0.717) is 6.04 Å². The molecular weight excluding hydrogens is 230 g/mol. The van der Waals surface area contributed by atoms with E-state index in [1.807, 2.05) is 0 Å². The third-order valence-electron chi connectivity index (χ3n) is 4.86. The normalized spacial score (nSPS) is 25.3. The molecule has 0 spiro atoms. The lowest BCUT2D eigenvalue weighted by Gasteiger charge is -2.32. The summed E-state index contributed by atoms with van der Waals surface area (Å²) in [7, 11) is 0. The van der Waals surface area contributed by atoms with Crippen molar-refractivity contribution < 1.29 is 0 Å². The average Bonchev–Trinajstić information content (AvgIpc) is 2.33. The maximum atomic E-state index is 6.52. The van der Waals surface area contributed by atoms with Crippen LogP contribution >= 0.6 is 0 Å². The van der Waals surface area contributed by atoms with E-state index in [0.717, 1.165) is 18.3 Å². The van der Waals surface area contributed by atoms with E-state index in [4.69, 9.17) is 5.73 Å². The van der Waals surface area contributed by atoms with Crippen LogP contribution in [0, 0.1) is 32.6 Å². The summed E-state index contributed by atoms with van der Waals surface area (Å²) in [6.07, 6.45) is 6.47. The van der Waals surface area contributed by atoms with Gasteiger partial charge in [0.25, 0.3) is 0 Å². The number of rotatable bonds is 3. The Hall–Kier alpha value is -0.820. The fourth-order valence-electron chi connectivity index (χ4n) is 3.80. The predicted octanol–water partition coefficient (Wildman–Crippen LogP) is 4.31. The highest BCUT2D eigenvalue weighted by Gasteiger charge is 2.25. The van der Waals surface area contributed by atoms with Crippen molar-refractivity contribution in [1.82, 2.24) is 0 Å². The van der Waals surface area contributed by atoms with Gasteiger partial charge in [0, 0.05) is 6.04 Å². The van der Waals surface area contributed by atoms with Gasteiger partial charge in [0.1, 0.15) is 0 Å². The lowest BCUT2D eigenvalue weighted by atomic mass is 9.77. The fraction of sp³-hybridized carbons (Fsp3) is 0.667. The van der Waals surface area contributed by atoms with Gasteiger partial charge < -0.3 is 5.73 Å². The smallest absolute Gasteiger partial charge is 0.0108 e. The van der Waals surface area contributed by atoms with Gasteiger partial charge in [-0.15, -0.1) is 0 Å². The first-order valence-corrected chi connectivity index (χ1v) is 7.79. The standard InChI is InChI=1S/C18H29N/c1-12-6-5-7-16(10-12)18(19)11-17-14(3)8-13(2)9-15(17)4/h8-9,12,16,18H,5-7,10-11,19H2,1-4H3. The summed E-state index contributed by atoms with van der Waals surface area (Å²) in [4.78, 5) is 0. The van der Waals surface area contributed by atoms with Crippen molar-refractivity contribution in [3.05, 3.63) is 34.4 Å². The van der Waals surface area contributed by atoms with Gasteiger partial charge in [0.15, 0.2) is 0 Å². The molecule has 1 aromatic carbocycles. The topological polar surface area (TPSA) is 26.0 Å². The summed E-state index contributed by atoms with van der Waals surface area (Å²) in [6, 6.07) is 4.92. The molecule has 1 aromatic rings. The molecule has 1 aliphatic carbocycles. The molecule has 1 heteroatoms. The summed E-state index contributed by atoms with van der Waals surface area (Å²) in [6.45, 7) is 9.00. The molecule has 0 saturated heterocycles. The number of aryl methyl sites for hydroxylation is 3. The minimum Gasteiger partial charge on any atom is -0.327 e. The fourth-order valence-corrected chi connectivity index (χ4v) is 3.80. The van der Waals surface area contributed by atoms with Crippen LogP contribution in [0.4, 0.5) is 0 Å². The van der Waals surface area contributed by atoms with Crippen LogP contribution < -0.4 is 5.73 Å². The van der Waals surface area contributed by atoms with E-state index in [9.17, 15) is 0 Å². The minimum atomic E-state index is 0.336. The highest BCUT2D eigenvalue weighted by molar-refractivity contribution is 5.38. The lowest BCUT2D eigenvalue weighted by Crippen LogP contribution is -2.35. The molecule has 3 atom stereocenters. The van der Waals surface area contributed by atoms with Crippen LogP contribution in [0.3, 0.4) is 0 Å². The molecule has 0 aliphatic heterocycles. The number of benzene rings is 1. The van der Waals surface area contributed by atoms with Gasteiger partial charge >= 0.3 is 0 Å². The van der Waals surface area contributed by atoms with Crippen LogP contribution in [0.1, 0.15) is 54.9 Å². The molecule has 1 saturated carbocycles. The lowest BCUT2D eigenvalue weighted by molar-refractivity contribution is 0.245. The highest BCUT2D eigenvalue weighted by Crippen LogP contribution is 2.32. The molecule has 2 rings (SSSR count).